The van der Waals surface area contributed by atoms with E-state index in [-0.39, 0.29) is 6.61 Å². The van der Waals surface area contributed by atoms with Crippen LogP contribution in [0.4, 0.5) is 4.79 Å². The fourth-order valence-corrected chi connectivity index (χ4v) is 1.12. The summed E-state index contributed by atoms with van der Waals surface area (Å²) < 4.78 is 10.2. The van der Waals surface area contributed by atoms with Crippen LogP contribution in [0.5, 0.6) is 5.75 Å². The zero-order valence-corrected chi connectivity index (χ0v) is 9.66. The van der Waals surface area contributed by atoms with Gasteiger partial charge in [0, 0.05) is 6.54 Å². The summed E-state index contributed by atoms with van der Waals surface area (Å²) in [5, 5.41) is 2.53. The standard InChI is InChI=1S/C12H17NO3/c1-3-13-12(14)16-9-8-15-11-6-4-10(2)5-7-11/h4-7H,3,8-9H2,1-2H3,(H,13,14). The molecule has 0 saturated carbocycles. The van der Waals surface area contributed by atoms with Gasteiger partial charge in [-0.1, -0.05) is 17.7 Å². The van der Waals surface area contributed by atoms with E-state index >= 15 is 0 Å². The fraction of sp³-hybridized carbons (Fsp3) is 0.417. The molecule has 0 spiro atoms. The monoisotopic (exact) mass is 223 g/mol. The number of amides is 1. The Kier molecular flexibility index (Phi) is 5.19. The molecule has 0 radical (unpaired) electrons. The maximum Gasteiger partial charge on any atom is 0.407 e. The molecule has 4 heteroatoms. The van der Waals surface area contributed by atoms with Gasteiger partial charge >= 0.3 is 6.09 Å². The maximum atomic E-state index is 10.9. The van der Waals surface area contributed by atoms with Crippen molar-refractivity contribution in [3.8, 4) is 5.75 Å². The minimum Gasteiger partial charge on any atom is -0.490 e. The molecule has 0 bridgehead atoms. The summed E-state index contributed by atoms with van der Waals surface area (Å²) in [6.45, 7) is 5.03. The lowest BCUT2D eigenvalue weighted by atomic mass is 10.2. The van der Waals surface area contributed by atoms with E-state index < -0.39 is 6.09 Å². The number of nitrogens with one attached hydrogen (secondary N) is 1. The summed E-state index contributed by atoms with van der Waals surface area (Å²) in [6.07, 6.45) is -0.407. The van der Waals surface area contributed by atoms with Crippen molar-refractivity contribution in [2.45, 2.75) is 13.8 Å². The number of benzene rings is 1. The first kappa shape index (κ1) is 12.4. The summed E-state index contributed by atoms with van der Waals surface area (Å²) in [5.74, 6) is 0.782. The molecule has 0 aliphatic rings. The Balaban J connectivity index is 2.16. The van der Waals surface area contributed by atoms with E-state index in [2.05, 4.69) is 5.32 Å². The molecule has 1 aromatic rings. The lowest BCUT2D eigenvalue weighted by molar-refractivity contribution is 0.125. The molecule has 0 aromatic heterocycles. The fourth-order valence-electron chi connectivity index (χ4n) is 1.12. The van der Waals surface area contributed by atoms with E-state index in [9.17, 15) is 4.79 Å². The smallest absolute Gasteiger partial charge is 0.407 e. The van der Waals surface area contributed by atoms with E-state index in [1.165, 1.54) is 5.56 Å². The molecule has 0 aliphatic heterocycles. The quantitative estimate of drug-likeness (QED) is 0.778. The number of carbonyl (C=O) groups is 1. The van der Waals surface area contributed by atoms with Gasteiger partial charge in [-0.2, -0.15) is 0 Å². The topological polar surface area (TPSA) is 47.6 Å². The highest BCUT2D eigenvalue weighted by Crippen LogP contribution is 2.10. The van der Waals surface area contributed by atoms with Crippen molar-refractivity contribution in [2.75, 3.05) is 19.8 Å². The van der Waals surface area contributed by atoms with Crippen LogP contribution in [0.3, 0.4) is 0 Å². The summed E-state index contributed by atoms with van der Waals surface area (Å²) in [6, 6.07) is 7.73. The average Bonchev–Trinajstić information content (AvgIpc) is 2.27. The molecule has 0 aliphatic carbocycles. The molecule has 1 N–H and O–H groups in total. The van der Waals surface area contributed by atoms with Crippen LogP contribution in [0.1, 0.15) is 12.5 Å². The second-order valence-corrected chi connectivity index (χ2v) is 3.33. The van der Waals surface area contributed by atoms with Crippen LogP contribution >= 0.6 is 0 Å². The van der Waals surface area contributed by atoms with Crippen LogP contribution in [-0.2, 0) is 4.74 Å². The van der Waals surface area contributed by atoms with Crippen molar-refractivity contribution in [3.05, 3.63) is 29.8 Å². The molecular formula is C12H17NO3. The van der Waals surface area contributed by atoms with Crippen molar-refractivity contribution < 1.29 is 14.3 Å². The van der Waals surface area contributed by atoms with Crippen LogP contribution < -0.4 is 10.1 Å². The molecule has 0 unspecified atom stereocenters. The third-order valence-electron chi connectivity index (χ3n) is 1.93. The number of hydrogen-bond acceptors (Lipinski definition) is 3. The van der Waals surface area contributed by atoms with E-state index in [1.807, 2.05) is 38.1 Å². The largest absolute Gasteiger partial charge is 0.490 e. The molecular weight excluding hydrogens is 206 g/mol. The van der Waals surface area contributed by atoms with Gasteiger partial charge in [-0.15, -0.1) is 0 Å². The summed E-state index contributed by atoms with van der Waals surface area (Å²) in [5.41, 5.74) is 1.19. The molecule has 1 rings (SSSR count). The van der Waals surface area contributed by atoms with Crippen molar-refractivity contribution in [3.63, 3.8) is 0 Å². The first-order valence-electron chi connectivity index (χ1n) is 5.32. The average molecular weight is 223 g/mol. The molecule has 0 saturated heterocycles. The molecule has 1 amide bonds. The first-order chi connectivity index (χ1) is 7.72. The van der Waals surface area contributed by atoms with Crippen molar-refractivity contribution in [1.29, 1.82) is 0 Å². The number of alkyl carbamates (subject to hydrolysis) is 1. The van der Waals surface area contributed by atoms with Gasteiger partial charge in [0.25, 0.3) is 0 Å². The van der Waals surface area contributed by atoms with Gasteiger partial charge in [0.2, 0.25) is 0 Å². The van der Waals surface area contributed by atoms with Gasteiger partial charge in [-0.25, -0.2) is 4.79 Å². The highest BCUT2D eigenvalue weighted by molar-refractivity contribution is 5.66. The second kappa shape index (κ2) is 6.71. The van der Waals surface area contributed by atoms with E-state index in [4.69, 9.17) is 9.47 Å². The van der Waals surface area contributed by atoms with Crippen molar-refractivity contribution in [1.82, 2.24) is 5.32 Å². The van der Waals surface area contributed by atoms with Crippen LogP contribution in [0.25, 0.3) is 0 Å². The highest BCUT2D eigenvalue weighted by atomic mass is 16.6. The first-order valence-corrected chi connectivity index (χ1v) is 5.32. The Hall–Kier alpha value is -1.71. The summed E-state index contributed by atoms with van der Waals surface area (Å²) in [4.78, 5) is 10.9. The summed E-state index contributed by atoms with van der Waals surface area (Å²) >= 11 is 0. The molecule has 88 valence electrons. The maximum absolute atomic E-state index is 10.9. The third-order valence-corrected chi connectivity index (χ3v) is 1.93. The van der Waals surface area contributed by atoms with Gasteiger partial charge < -0.3 is 14.8 Å². The van der Waals surface area contributed by atoms with Gasteiger partial charge in [0.15, 0.2) is 0 Å². The van der Waals surface area contributed by atoms with Gasteiger partial charge in [-0.05, 0) is 26.0 Å². The normalized spacial score (nSPS) is 9.62. The lowest BCUT2D eigenvalue weighted by Crippen LogP contribution is -2.25. The minimum absolute atomic E-state index is 0.250. The Morgan fingerprint density at radius 1 is 1.25 bits per heavy atom. The SMILES string of the molecule is CCNC(=O)OCCOc1ccc(C)cc1. The van der Waals surface area contributed by atoms with Gasteiger partial charge in [0.05, 0.1) is 0 Å². The summed E-state index contributed by atoms with van der Waals surface area (Å²) in [7, 11) is 0. The molecule has 16 heavy (non-hydrogen) atoms. The van der Waals surface area contributed by atoms with E-state index in [1.54, 1.807) is 0 Å². The molecule has 0 heterocycles. The molecule has 0 fully saturated rings. The lowest BCUT2D eigenvalue weighted by Gasteiger charge is -2.07. The zero-order valence-electron chi connectivity index (χ0n) is 9.66. The van der Waals surface area contributed by atoms with Gasteiger partial charge in [0.1, 0.15) is 19.0 Å². The highest BCUT2D eigenvalue weighted by Gasteiger charge is 1.99. The van der Waals surface area contributed by atoms with Crippen LogP contribution in [0, 0.1) is 6.92 Å². The third kappa shape index (κ3) is 4.68. The number of ether oxygens (including phenoxy) is 2. The Labute approximate surface area is 95.6 Å². The molecule has 0 atom stereocenters. The van der Waals surface area contributed by atoms with Gasteiger partial charge in [-0.3, -0.25) is 0 Å². The van der Waals surface area contributed by atoms with E-state index in [0.717, 1.165) is 5.75 Å². The second-order valence-electron chi connectivity index (χ2n) is 3.33. The Morgan fingerprint density at radius 2 is 1.94 bits per heavy atom. The Morgan fingerprint density at radius 3 is 2.56 bits per heavy atom. The molecule has 4 nitrogen and oxygen atoms in total. The predicted octanol–water partition coefficient (Wildman–Crippen LogP) is 2.12. The molecule has 1 aromatic carbocycles. The number of carbonyl (C=O) groups excluding carboxylic acids is 1. The van der Waals surface area contributed by atoms with E-state index in [0.29, 0.717) is 13.2 Å². The van der Waals surface area contributed by atoms with Crippen LogP contribution in [-0.4, -0.2) is 25.9 Å². The van der Waals surface area contributed by atoms with Crippen LogP contribution in [0.15, 0.2) is 24.3 Å². The van der Waals surface area contributed by atoms with Crippen molar-refractivity contribution in [2.24, 2.45) is 0 Å². The Bertz CT molecular complexity index is 322. The van der Waals surface area contributed by atoms with Crippen LogP contribution in [0.2, 0.25) is 0 Å². The number of hydrogen-bond donors (Lipinski definition) is 1. The number of rotatable bonds is 5. The predicted molar refractivity (Wildman–Crippen MR) is 61.7 cm³/mol. The minimum atomic E-state index is -0.407. The zero-order chi connectivity index (χ0) is 11.8. The van der Waals surface area contributed by atoms with Crippen molar-refractivity contribution >= 4 is 6.09 Å². The number of aryl methyl sites for hydroxylation is 1.